The highest BCUT2D eigenvalue weighted by Crippen LogP contribution is 2.43. The van der Waals surface area contributed by atoms with E-state index in [2.05, 4.69) is 19.2 Å². The topological polar surface area (TPSA) is 31.6 Å². The second-order valence-corrected chi connectivity index (χ2v) is 10.2. The molecule has 3 rings (SSSR count). The zero-order chi connectivity index (χ0) is 14.8. The van der Waals surface area contributed by atoms with Crippen molar-refractivity contribution >= 4 is 19.0 Å². The third-order valence-corrected chi connectivity index (χ3v) is 9.52. The van der Waals surface area contributed by atoms with E-state index in [9.17, 15) is 0 Å². The number of hydrogen-bond donors (Lipinski definition) is 0. The average molecular weight is 325 g/mol. The first kappa shape index (κ1) is 15.5. The molecule has 0 amide bonds. The Bertz CT molecular complexity index is 419. The van der Waals surface area contributed by atoms with E-state index in [1.54, 1.807) is 0 Å². The quantitative estimate of drug-likeness (QED) is 0.797. The Balaban J connectivity index is 1.99. The first-order valence-corrected chi connectivity index (χ1v) is 12.9. The van der Waals surface area contributed by atoms with Crippen LogP contribution >= 0.6 is 0 Å². The van der Waals surface area contributed by atoms with E-state index in [1.807, 2.05) is 6.26 Å². The van der Waals surface area contributed by atoms with Crippen molar-refractivity contribution in [1.29, 1.82) is 0 Å². The Morgan fingerprint density at radius 3 is 2.05 bits per heavy atom. The summed E-state index contributed by atoms with van der Waals surface area (Å²) in [6, 6.07) is 2.18. The molecule has 3 heterocycles. The average Bonchev–Trinajstić information content (AvgIpc) is 3.07. The van der Waals surface area contributed by atoms with E-state index in [1.165, 1.54) is 37.7 Å². The molecule has 2 aliphatic rings. The molecule has 2 aliphatic heterocycles. The maximum Gasteiger partial charge on any atom is 0.137 e. The minimum atomic E-state index is -0.354. The van der Waals surface area contributed by atoms with Crippen LogP contribution in [0.4, 0.5) is 0 Å². The van der Waals surface area contributed by atoms with E-state index < -0.39 is 0 Å². The van der Waals surface area contributed by atoms with Gasteiger partial charge in [0.2, 0.25) is 0 Å². The highest BCUT2D eigenvalue weighted by molar-refractivity contribution is 6.39. The van der Waals surface area contributed by atoms with Crippen molar-refractivity contribution in [2.75, 3.05) is 13.2 Å². The Labute approximate surface area is 132 Å². The standard InChI is InChI=1S/C16H28O3Si2/c1-20-15(8-3-5-10-18-15)13-7-12-17-14(13)16(21-2)9-4-6-11-19-16/h7,12H,3-6,8-11,20-21H2,1-2H3. The molecule has 118 valence electrons. The van der Waals surface area contributed by atoms with Gasteiger partial charge in [-0.2, -0.15) is 0 Å². The van der Waals surface area contributed by atoms with Gasteiger partial charge in [-0.1, -0.05) is 13.1 Å². The molecule has 2 saturated heterocycles. The number of hydrogen-bond acceptors (Lipinski definition) is 3. The molecule has 0 spiro atoms. The van der Waals surface area contributed by atoms with Crippen LogP contribution in [0.15, 0.2) is 16.7 Å². The summed E-state index contributed by atoms with van der Waals surface area (Å²) in [5, 5.41) is -0.0770. The lowest BCUT2D eigenvalue weighted by molar-refractivity contribution is -0.0501. The summed E-state index contributed by atoms with van der Waals surface area (Å²) in [7, 11) is -0.675. The van der Waals surface area contributed by atoms with Gasteiger partial charge in [0.25, 0.3) is 0 Å². The lowest BCUT2D eigenvalue weighted by atomic mass is 9.96. The molecular weight excluding hydrogens is 296 g/mol. The molecule has 0 N–H and O–H groups in total. The van der Waals surface area contributed by atoms with Crippen molar-refractivity contribution in [1.82, 2.24) is 0 Å². The molecule has 2 unspecified atom stereocenters. The molecule has 0 saturated carbocycles. The summed E-state index contributed by atoms with van der Waals surface area (Å²) in [6.45, 7) is 6.52. The molecule has 0 aromatic carbocycles. The van der Waals surface area contributed by atoms with E-state index in [4.69, 9.17) is 13.9 Å². The van der Waals surface area contributed by atoms with Gasteiger partial charge >= 0.3 is 0 Å². The Kier molecular flexibility index (Phi) is 4.73. The van der Waals surface area contributed by atoms with Gasteiger partial charge < -0.3 is 13.9 Å². The predicted molar refractivity (Wildman–Crippen MR) is 90.5 cm³/mol. The normalized spacial score (nSPS) is 35.1. The van der Waals surface area contributed by atoms with E-state index >= 15 is 0 Å². The van der Waals surface area contributed by atoms with Crippen LogP contribution in [-0.2, 0) is 19.9 Å². The van der Waals surface area contributed by atoms with Crippen LogP contribution in [0.5, 0.6) is 0 Å². The molecular formula is C16H28O3Si2. The number of ether oxygens (including phenoxy) is 2. The van der Waals surface area contributed by atoms with Crippen molar-refractivity contribution in [3.8, 4) is 0 Å². The van der Waals surface area contributed by atoms with E-state index in [0.717, 1.165) is 25.4 Å². The molecule has 2 atom stereocenters. The fourth-order valence-electron chi connectivity index (χ4n) is 4.03. The monoisotopic (exact) mass is 324 g/mol. The van der Waals surface area contributed by atoms with Gasteiger partial charge in [-0.15, -0.1) is 0 Å². The fraction of sp³-hybridized carbons (Fsp3) is 0.750. The van der Waals surface area contributed by atoms with Crippen LogP contribution in [0.2, 0.25) is 13.1 Å². The first-order chi connectivity index (χ1) is 10.3. The predicted octanol–water partition coefficient (Wildman–Crippen LogP) is 2.42. The Morgan fingerprint density at radius 1 is 0.905 bits per heavy atom. The van der Waals surface area contributed by atoms with Gasteiger partial charge in [0.05, 0.1) is 30.5 Å². The smallest absolute Gasteiger partial charge is 0.137 e. The second kappa shape index (κ2) is 6.40. The van der Waals surface area contributed by atoms with Crippen LogP contribution in [-0.4, -0.2) is 32.3 Å². The summed E-state index contributed by atoms with van der Waals surface area (Å²) in [5.41, 5.74) is 1.34. The molecule has 0 aliphatic carbocycles. The highest BCUT2D eigenvalue weighted by Gasteiger charge is 2.44. The fourth-order valence-corrected chi connectivity index (χ4v) is 7.18. The number of rotatable bonds is 4. The molecule has 0 bridgehead atoms. The minimum absolute atomic E-state index is 0.00202. The summed E-state index contributed by atoms with van der Waals surface area (Å²) in [5.74, 6) is 1.13. The van der Waals surface area contributed by atoms with Crippen molar-refractivity contribution < 1.29 is 13.9 Å². The molecule has 0 radical (unpaired) electrons. The zero-order valence-corrected chi connectivity index (χ0v) is 16.3. The minimum Gasteiger partial charge on any atom is -0.466 e. The third-order valence-electron chi connectivity index (χ3n) is 5.42. The van der Waals surface area contributed by atoms with Gasteiger partial charge in [-0.05, 0) is 44.6 Å². The van der Waals surface area contributed by atoms with Crippen LogP contribution in [0.1, 0.15) is 49.8 Å². The molecule has 5 heteroatoms. The molecule has 1 aromatic rings. The van der Waals surface area contributed by atoms with Crippen molar-refractivity contribution in [2.24, 2.45) is 0 Å². The second-order valence-electron chi connectivity index (χ2n) is 6.47. The van der Waals surface area contributed by atoms with E-state index in [-0.39, 0.29) is 29.5 Å². The zero-order valence-electron chi connectivity index (χ0n) is 13.5. The summed E-state index contributed by atoms with van der Waals surface area (Å²) >= 11 is 0. The lowest BCUT2D eigenvalue weighted by Gasteiger charge is -2.41. The van der Waals surface area contributed by atoms with Gasteiger partial charge in [-0.25, -0.2) is 0 Å². The lowest BCUT2D eigenvalue weighted by Crippen LogP contribution is -2.44. The van der Waals surface area contributed by atoms with Crippen LogP contribution in [0, 0.1) is 0 Å². The van der Waals surface area contributed by atoms with Crippen LogP contribution < -0.4 is 0 Å². The molecule has 3 nitrogen and oxygen atoms in total. The summed E-state index contributed by atoms with van der Waals surface area (Å²) in [4.78, 5) is 0. The SMILES string of the molecule is C[SiH2]C1(c2ccoc2C2([SiH2]C)CCCCO2)CCCCO1. The largest absolute Gasteiger partial charge is 0.466 e. The van der Waals surface area contributed by atoms with Crippen molar-refractivity contribution in [3.63, 3.8) is 0 Å². The van der Waals surface area contributed by atoms with Gasteiger partial charge in [0.1, 0.15) is 11.0 Å². The van der Waals surface area contributed by atoms with Gasteiger partial charge in [0.15, 0.2) is 0 Å². The van der Waals surface area contributed by atoms with Crippen LogP contribution in [0.25, 0.3) is 0 Å². The summed E-state index contributed by atoms with van der Waals surface area (Å²) < 4.78 is 18.7. The highest BCUT2D eigenvalue weighted by atomic mass is 28.2. The molecule has 2 fully saturated rings. The molecule has 1 aromatic heterocycles. The maximum atomic E-state index is 6.34. The Hall–Kier alpha value is -0.366. The number of furan rings is 1. The van der Waals surface area contributed by atoms with Gasteiger partial charge in [0, 0.05) is 18.8 Å². The Morgan fingerprint density at radius 2 is 1.52 bits per heavy atom. The van der Waals surface area contributed by atoms with Crippen LogP contribution in [0.3, 0.4) is 0 Å². The maximum absolute atomic E-state index is 6.34. The molecule has 21 heavy (non-hydrogen) atoms. The summed E-state index contributed by atoms with van der Waals surface area (Å²) in [6.07, 6.45) is 9.12. The van der Waals surface area contributed by atoms with Gasteiger partial charge in [-0.3, -0.25) is 0 Å². The van der Waals surface area contributed by atoms with Crippen molar-refractivity contribution in [2.45, 2.75) is 62.1 Å². The first-order valence-electron chi connectivity index (χ1n) is 8.63. The third kappa shape index (κ3) is 2.69. The van der Waals surface area contributed by atoms with E-state index in [0.29, 0.717) is 0 Å². The van der Waals surface area contributed by atoms with Crippen molar-refractivity contribution in [3.05, 3.63) is 23.7 Å².